The fourth-order valence-electron chi connectivity index (χ4n) is 3.47. The Labute approximate surface area is 188 Å². The molecule has 8 nitrogen and oxygen atoms in total. The van der Waals surface area contributed by atoms with Crippen LogP contribution in [0.2, 0.25) is 0 Å². The first-order valence-corrected chi connectivity index (χ1v) is 11.8. The van der Waals surface area contributed by atoms with E-state index in [-0.39, 0.29) is 17.9 Å². The fraction of sp³-hybridized carbons (Fsp3) is 0.913. The first-order valence-electron chi connectivity index (χ1n) is 11.8. The van der Waals surface area contributed by atoms with E-state index in [1.165, 1.54) is 0 Å². The van der Waals surface area contributed by atoms with Crippen molar-refractivity contribution in [2.75, 3.05) is 52.5 Å². The number of carbonyl (C=O) groups excluding carboxylic acids is 2. The Kier molecular flexibility index (Phi) is 12.4. The van der Waals surface area contributed by atoms with Crippen LogP contribution in [0.5, 0.6) is 0 Å². The van der Waals surface area contributed by atoms with E-state index in [9.17, 15) is 9.59 Å². The van der Waals surface area contributed by atoms with Gasteiger partial charge >= 0.3 is 6.09 Å². The second-order valence-electron chi connectivity index (χ2n) is 9.23. The minimum atomic E-state index is -0.635. The fourth-order valence-corrected chi connectivity index (χ4v) is 3.47. The van der Waals surface area contributed by atoms with Crippen molar-refractivity contribution in [1.29, 1.82) is 0 Å². The molecule has 0 aromatic heterocycles. The summed E-state index contributed by atoms with van der Waals surface area (Å²) in [6, 6.07) is -0.635. The van der Waals surface area contributed by atoms with Gasteiger partial charge in [-0.1, -0.05) is 27.2 Å². The molecule has 1 N–H and O–H groups in total. The maximum absolute atomic E-state index is 13.6. The first kappa shape index (κ1) is 27.7. The second kappa shape index (κ2) is 13.9. The van der Waals surface area contributed by atoms with Gasteiger partial charge in [-0.15, -0.1) is 0 Å². The minimum Gasteiger partial charge on any atom is -0.444 e. The van der Waals surface area contributed by atoms with Gasteiger partial charge < -0.3 is 24.4 Å². The van der Waals surface area contributed by atoms with Crippen molar-refractivity contribution in [3.8, 4) is 0 Å². The maximum Gasteiger partial charge on any atom is 0.408 e. The highest BCUT2D eigenvalue weighted by atomic mass is 16.6. The van der Waals surface area contributed by atoms with Crippen LogP contribution in [0, 0.1) is 5.92 Å². The highest BCUT2D eigenvalue weighted by molar-refractivity contribution is 5.86. The maximum atomic E-state index is 13.6. The summed E-state index contributed by atoms with van der Waals surface area (Å²) in [5.74, 6) is -0.0929. The largest absolute Gasteiger partial charge is 0.444 e. The molecule has 0 aromatic carbocycles. The number of nitrogens with one attached hydrogen (secondary N) is 1. The topological polar surface area (TPSA) is 80.3 Å². The number of nitrogens with zero attached hydrogens (tertiary/aromatic N) is 2. The molecule has 1 aliphatic rings. The molecule has 2 amide bonds. The number of morpholine rings is 1. The van der Waals surface area contributed by atoms with Crippen molar-refractivity contribution in [3.63, 3.8) is 0 Å². The predicted octanol–water partition coefficient (Wildman–Crippen LogP) is 2.90. The van der Waals surface area contributed by atoms with Gasteiger partial charge in [0.25, 0.3) is 0 Å². The zero-order valence-electron chi connectivity index (χ0n) is 20.7. The minimum absolute atomic E-state index is 0.0157. The lowest BCUT2D eigenvalue weighted by atomic mass is 9.97. The Balaban J connectivity index is 2.95. The molecule has 1 aliphatic heterocycles. The van der Waals surface area contributed by atoms with Gasteiger partial charge in [-0.05, 0) is 40.0 Å². The highest BCUT2D eigenvalue weighted by Crippen LogP contribution is 2.15. The van der Waals surface area contributed by atoms with E-state index in [1.54, 1.807) is 0 Å². The van der Waals surface area contributed by atoms with Gasteiger partial charge in [0.2, 0.25) is 5.91 Å². The molecule has 3 atom stereocenters. The third kappa shape index (κ3) is 10.7. The number of carbonyl (C=O) groups is 2. The van der Waals surface area contributed by atoms with E-state index in [0.717, 1.165) is 45.7 Å². The summed E-state index contributed by atoms with van der Waals surface area (Å²) >= 11 is 0. The molecule has 0 saturated carbocycles. The lowest BCUT2D eigenvalue weighted by molar-refractivity contribution is -0.137. The molecule has 1 rings (SSSR count). The molecule has 0 aromatic rings. The van der Waals surface area contributed by atoms with Gasteiger partial charge in [-0.25, -0.2) is 4.79 Å². The molecule has 1 fully saturated rings. The van der Waals surface area contributed by atoms with E-state index >= 15 is 0 Å². The predicted molar refractivity (Wildman–Crippen MR) is 122 cm³/mol. The standard InChI is InChI=1S/C23H45N3O5/c1-8-18(4)20(24-22(28)31-23(5,6)7)21(27)26(17-19(9-2)30-10-3)12-11-25-13-15-29-16-14-25/h18-20H,8-17H2,1-7H3,(H,24,28)/t18-,19?,20?/m0/s1. The molecule has 31 heavy (non-hydrogen) atoms. The Bertz CT molecular complexity index is 532. The van der Waals surface area contributed by atoms with Crippen LogP contribution in [-0.4, -0.2) is 92.1 Å². The molecule has 1 saturated heterocycles. The molecule has 0 aliphatic carbocycles. The van der Waals surface area contributed by atoms with Crippen molar-refractivity contribution >= 4 is 12.0 Å². The van der Waals surface area contributed by atoms with Gasteiger partial charge in [-0.3, -0.25) is 9.69 Å². The zero-order valence-corrected chi connectivity index (χ0v) is 20.7. The Morgan fingerprint density at radius 1 is 1.13 bits per heavy atom. The Hall–Kier alpha value is -1.38. The van der Waals surface area contributed by atoms with Gasteiger partial charge in [0.15, 0.2) is 0 Å². The van der Waals surface area contributed by atoms with E-state index in [2.05, 4.69) is 17.1 Å². The molecule has 2 unspecified atom stereocenters. The smallest absolute Gasteiger partial charge is 0.408 e. The lowest BCUT2D eigenvalue weighted by Gasteiger charge is -2.35. The summed E-state index contributed by atoms with van der Waals surface area (Å²) in [5.41, 5.74) is -0.620. The molecular formula is C23H45N3O5. The van der Waals surface area contributed by atoms with Crippen LogP contribution in [0.25, 0.3) is 0 Å². The number of hydrogen-bond donors (Lipinski definition) is 1. The number of ether oxygens (including phenoxy) is 3. The monoisotopic (exact) mass is 443 g/mol. The summed E-state index contributed by atoms with van der Waals surface area (Å²) < 4.78 is 16.7. The van der Waals surface area contributed by atoms with Crippen molar-refractivity contribution in [2.45, 2.75) is 79.1 Å². The van der Waals surface area contributed by atoms with Crippen LogP contribution < -0.4 is 5.32 Å². The van der Waals surface area contributed by atoms with Crippen LogP contribution in [0.1, 0.15) is 61.3 Å². The van der Waals surface area contributed by atoms with Crippen molar-refractivity contribution < 1.29 is 23.8 Å². The number of rotatable bonds is 12. The average molecular weight is 444 g/mol. The molecule has 1 heterocycles. The Morgan fingerprint density at radius 2 is 1.77 bits per heavy atom. The van der Waals surface area contributed by atoms with Crippen LogP contribution >= 0.6 is 0 Å². The van der Waals surface area contributed by atoms with Gasteiger partial charge in [0, 0.05) is 39.3 Å². The number of hydrogen-bond acceptors (Lipinski definition) is 6. The molecule has 182 valence electrons. The average Bonchev–Trinajstić information content (AvgIpc) is 2.72. The molecular weight excluding hydrogens is 398 g/mol. The molecule has 8 heteroatoms. The van der Waals surface area contributed by atoms with Gasteiger partial charge in [-0.2, -0.15) is 0 Å². The van der Waals surface area contributed by atoms with E-state index in [1.807, 2.05) is 46.4 Å². The zero-order chi connectivity index (χ0) is 23.4. The van der Waals surface area contributed by atoms with Crippen LogP contribution in [0.15, 0.2) is 0 Å². The summed E-state index contributed by atoms with van der Waals surface area (Å²) in [5, 5.41) is 2.84. The summed E-state index contributed by atoms with van der Waals surface area (Å²) in [7, 11) is 0. The summed E-state index contributed by atoms with van der Waals surface area (Å²) in [6.45, 7) is 19.2. The summed E-state index contributed by atoms with van der Waals surface area (Å²) in [4.78, 5) is 30.2. The first-order chi connectivity index (χ1) is 14.6. The van der Waals surface area contributed by atoms with E-state index in [0.29, 0.717) is 19.7 Å². The van der Waals surface area contributed by atoms with E-state index in [4.69, 9.17) is 14.2 Å². The molecule has 0 radical (unpaired) electrons. The second-order valence-corrected chi connectivity index (χ2v) is 9.23. The molecule has 0 bridgehead atoms. The van der Waals surface area contributed by atoms with Gasteiger partial charge in [0.1, 0.15) is 11.6 Å². The van der Waals surface area contributed by atoms with Gasteiger partial charge in [0.05, 0.1) is 19.3 Å². The van der Waals surface area contributed by atoms with Crippen LogP contribution in [-0.2, 0) is 19.0 Å². The summed E-state index contributed by atoms with van der Waals surface area (Å²) in [6.07, 6.45) is 1.00. The third-order valence-electron chi connectivity index (χ3n) is 5.53. The number of alkyl carbamates (subject to hydrolysis) is 1. The van der Waals surface area contributed by atoms with Crippen LogP contribution in [0.4, 0.5) is 4.79 Å². The van der Waals surface area contributed by atoms with E-state index < -0.39 is 17.7 Å². The number of amides is 2. The van der Waals surface area contributed by atoms with Crippen molar-refractivity contribution in [3.05, 3.63) is 0 Å². The highest BCUT2D eigenvalue weighted by Gasteiger charge is 2.32. The SMILES string of the molecule is CCOC(CC)CN(CCN1CCOCC1)C(=O)C(NC(=O)OC(C)(C)C)[C@@H](C)CC. The van der Waals surface area contributed by atoms with Crippen LogP contribution in [0.3, 0.4) is 0 Å². The Morgan fingerprint density at radius 3 is 2.29 bits per heavy atom. The van der Waals surface area contributed by atoms with Crippen molar-refractivity contribution in [2.24, 2.45) is 5.92 Å². The quantitative estimate of drug-likeness (QED) is 0.500. The van der Waals surface area contributed by atoms with Crippen molar-refractivity contribution in [1.82, 2.24) is 15.1 Å². The third-order valence-corrected chi connectivity index (χ3v) is 5.53. The molecule has 0 spiro atoms. The normalized spacial score (nSPS) is 18.2. The lowest BCUT2D eigenvalue weighted by Crippen LogP contribution is -2.55.